The van der Waals surface area contributed by atoms with Gasteiger partial charge in [-0.15, -0.1) is 0 Å². The number of para-hydroxylation sites is 3. The summed E-state index contributed by atoms with van der Waals surface area (Å²) >= 11 is 0. The fourth-order valence-electron chi connectivity index (χ4n) is 6.60. The van der Waals surface area contributed by atoms with E-state index in [4.69, 9.17) is 0 Å². The molecular weight excluding hydrogens is 504 g/mol. The van der Waals surface area contributed by atoms with Crippen molar-refractivity contribution in [2.24, 2.45) is 0 Å². The largest absolute Gasteiger partial charge is 0.480 e. The lowest BCUT2D eigenvalue weighted by Gasteiger charge is -2.36. The average Bonchev–Trinajstić information content (AvgIpc) is 3.73. The SMILES string of the molecule is O=C(O)C1Cc2c([nH]c3ccccc23)C2(N1)C(=O)C(c1c[nH]c3ccccc13)=C(c1c[nH]c3ccccc13)C2=O. The molecule has 1 aliphatic carbocycles. The third-order valence-corrected chi connectivity index (χ3v) is 8.39. The Hall–Kier alpha value is -5.21. The van der Waals surface area contributed by atoms with Crippen molar-refractivity contribution in [1.82, 2.24) is 20.3 Å². The van der Waals surface area contributed by atoms with Gasteiger partial charge < -0.3 is 20.1 Å². The number of rotatable bonds is 3. The second kappa shape index (κ2) is 7.91. The van der Waals surface area contributed by atoms with E-state index in [1.54, 1.807) is 12.4 Å². The third-order valence-electron chi connectivity index (χ3n) is 8.39. The molecule has 194 valence electrons. The molecule has 8 rings (SSSR count). The molecule has 0 bridgehead atoms. The van der Waals surface area contributed by atoms with Crippen molar-refractivity contribution in [2.75, 3.05) is 0 Å². The number of aliphatic carboxylic acids is 1. The van der Waals surface area contributed by atoms with Gasteiger partial charge in [-0.05, 0) is 23.8 Å². The number of Topliss-reactive ketones (excluding diaryl/α,β-unsaturated/α-hetero) is 2. The molecule has 8 heteroatoms. The summed E-state index contributed by atoms with van der Waals surface area (Å²) < 4.78 is 0. The predicted octanol–water partition coefficient (Wildman–Crippen LogP) is 4.69. The minimum atomic E-state index is -1.92. The van der Waals surface area contributed by atoms with Crippen molar-refractivity contribution < 1.29 is 19.5 Å². The number of fused-ring (bicyclic) bond motifs is 6. The van der Waals surface area contributed by atoms with E-state index in [0.29, 0.717) is 22.4 Å². The van der Waals surface area contributed by atoms with E-state index in [1.807, 2.05) is 72.8 Å². The Morgan fingerprint density at radius 2 is 1.23 bits per heavy atom. The second-order valence-electron chi connectivity index (χ2n) is 10.4. The fraction of sp³-hybridized carbons (Fsp3) is 0.0938. The van der Waals surface area contributed by atoms with Crippen LogP contribution in [0.25, 0.3) is 43.9 Å². The lowest BCUT2D eigenvalue weighted by atomic mass is 9.79. The monoisotopic (exact) mass is 526 g/mol. The minimum absolute atomic E-state index is 0.141. The number of ketones is 2. The molecule has 8 nitrogen and oxygen atoms in total. The van der Waals surface area contributed by atoms with Crippen LogP contribution in [0.3, 0.4) is 0 Å². The summed E-state index contributed by atoms with van der Waals surface area (Å²) in [4.78, 5) is 52.0. The van der Waals surface area contributed by atoms with E-state index >= 15 is 0 Å². The van der Waals surface area contributed by atoms with Crippen molar-refractivity contribution in [2.45, 2.75) is 18.0 Å². The molecule has 0 radical (unpaired) electrons. The molecule has 5 N–H and O–H groups in total. The number of hydrogen-bond donors (Lipinski definition) is 5. The number of carbonyl (C=O) groups excluding carboxylic acids is 2. The number of aromatic nitrogens is 3. The molecule has 4 heterocycles. The van der Waals surface area contributed by atoms with Crippen molar-refractivity contribution in [3.63, 3.8) is 0 Å². The highest BCUT2D eigenvalue weighted by Gasteiger charge is 2.61. The molecule has 3 aromatic heterocycles. The first-order valence-electron chi connectivity index (χ1n) is 13.1. The number of aromatic amines is 3. The van der Waals surface area contributed by atoms with E-state index in [9.17, 15) is 19.5 Å². The van der Waals surface area contributed by atoms with Gasteiger partial charge in [-0.1, -0.05) is 54.6 Å². The summed E-state index contributed by atoms with van der Waals surface area (Å²) in [6.45, 7) is 0. The number of benzene rings is 3. The van der Waals surface area contributed by atoms with Crippen molar-refractivity contribution in [3.05, 3.63) is 108 Å². The number of carboxylic acid groups (broad SMARTS) is 1. The Labute approximate surface area is 226 Å². The van der Waals surface area contributed by atoms with Crippen molar-refractivity contribution in [3.8, 4) is 0 Å². The quantitative estimate of drug-likeness (QED) is 0.214. The van der Waals surface area contributed by atoms with Crippen LogP contribution in [0.4, 0.5) is 0 Å². The molecule has 1 atom stereocenters. The van der Waals surface area contributed by atoms with Gasteiger partial charge in [0.1, 0.15) is 6.04 Å². The topological polar surface area (TPSA) is 131 Å². The predicted molar refractivity (Wildman–Crippen MR) is 152 cm³/mol. The van der Waals surface area contributed by atoms with E-state index < -0.39 is 29.1 Å². The maximum atomic E-state index is 14.9. The van der Waals surface area contributed by atoms with Gasteiger partial charge in [-0.3, -0.25) is 19.7 Å². The average molecular weight is 527 g/mol. The molecule has 6 aromatic rings. The summed E-state index contributed by atoms with van der Waals surface area (Å²) in [5.41, 5.74) is 3.28. The maximum Gasteiger partial charge on any atom is 0.321 e. The Morgan fingerprint density at radius 1 is 0.725 bits per heavy atom. The third kappa shape index (κ3) is 2.80. The van der Waals surface area contributed by atoms with Gasteiger partial charge in [0.05, 0.1) is 5.69 Å². The summed E-state index contributed by atoms with van der Waals surface area (Å²) in [7, 11) is 0. The van der Waals surface area contributed by atoms with Gasteiger partial charge in [-0.2, -0.15) is 0 Å². The van der Waals surface area contributed by atoms with Crippen LogP contribution < -0.4 is 5.32 Å². The molecule has 0 saturated heterocycles. The summed E-state index contributed by atoms with van der Waals surface area (Å²) in [6.07, 6.45) is 3.65. The summed E-state index contributed by atoms with van der Waals surface area (Å²) in [5, 5.41) is 15.6. The van der Waals surface area contributed by atoms with Gasteiger partial charge in [0, 0.05) is 73.8 Å². The first kappa shape index (κ1) is 22.7. The first-order valence-corrected chi connectivity index (χ1v) is 13.1. The molecule has 0 saturated carbocycles. The summed E-state index contributed by atoms with van der Waals surface area (Å²) in [6, 6.07) is 21.6. The van der Waals surface area contributed by atoms with E-state index in [0.717, 1.165) is 32.7 Å². The zero-order chi connectivity index (χ0) is 27.2. The first-order chi connectivity index (χ1) is 19.5. The Kier molecular flexibility index (Phi) is 4.50. The molecule has 1 unspecified atom stereocenters. The molecule has 3 aromatic carbocycles. The molecule has 2 aliphatic rings. The smallest absolute Gasteiger partial charge is 0.321 e. The van der Waals surface area contributed by atoms with Crippen LogP contribution in [-0.4, -0.2) is 43.6 Å². The van der Waals surface area contributed by atoms with E-state index in [-0.39, 0.29) is 17.6 Å². The Balaban J connectivity index is 1.47. The van der Waals surface area contributed by atoms with Crippen LogP contribution in [0.1, 0.15) is 22.4 Å². The molecule has 1 spiro atoms. The van der Waals surface area contributed by atoms with Crippen molar-refractivity contribution in [1.29, 1.82) is 0 Å². The van der Waals surface area contributed by atoms with Gasteiger partial charge in [0.15, 0.2) is 17.1 Å². The van der Waals surface area contributed by atoms with Crippen LogP contribution >= 0.6 is 0 Å². The second-order valence-corrected chi connectivity index (χ2v) is 10.4. The molecule has 0 fully saturated rings. The Bertz CT molecular complexity index is 2010. The molecular formula is C32H22N4O4. The van der Waals surface area contributed by atoms with Crippen LogP contribution in [-0.2, 0) is 26.3 Å². The van der Waals surface area contributed by atoms with Gasteiger partial charge in [-0.25, -0.2) is 0 Å². The summed E-state index contributed by atoms with van der Waals surface area (Å²) in [5.74, 6) is -2.06. The van der Waals surface area contributed by atoms with Gasteiger partial charge in [0.2, 0.25) is 0 Å². The number of hydrogen-bond acceptors (Lipinski definition) is 4. The number of H-pyrrole nitrogens is 3. The van der Waals surface area contributed by atoms with Gasteiger partial charge >= 0.3 is 5.97 Å². The van der Waals surface area contributed by atoms with Crippen LogP contribution in [0.2, 0.25) is 0 Å². The van der Waals surface area contributed by atoms with E-state index in [1.165, 1.54) is 0 Å². The Morgan fingerprint density at radius 3 is 1.77 bits per heavy atom. The lowest BCUT2D eigenvalue weighted by molar-refractivity contribution is -0.141. The van der Waals surface area contributed by atoms with Crippen LogP contribution in [0.5, 0.6) is 0 Å². The van der Waals surface area contributed by atoms with Gasteiger partial charge in [0.25, 0.3) is 0 Å². The number of carbonyl (C=O) groups is 3. The zero-order valence-electron chi connectivity index (χ0n) is 21.0. The molecule has 1 aliphatic heterocycles. The highest BCUT2D eigenvalue weighted by molar-refractivity contribution is 6.57. The van der Waals surface area contributed by atoms with Crippen LogP contribution in [0, 0.1) is 0 Å². The number of carboxylic acids is 1. The highest BCUT2D eigenvalue weighted by atomic mass is 16.4. The molecule has 0 amide bonds. The zero-order valence-corrected chi connectivity index (χ0v) is 21.0. The highest BCUT2D eigenvalue weighted by Crippen LogP contribution is 2.50. The van der Waals surface area contributed by atoms with Crippen LogP contribution in [0.15, 0.2) is 85.2 Å². The van der Waals surface area contributed by atoms with Crippen molar-refractivity contribution >= 4 is 61.4 Å². The van der Waals surface area contributed by atoms with E-state index in [2.05, 4.69) is 20.3 Å². The lowest BCUT2D eigenvalue weighted by Crippen LogP contribution is -2.62. The number of nitrogens with one attached hydrogen (secondary N) is 4. The fourth-order valence-corrected chi connectivity index (χ4v) is 6.60. The standard InChI is InChI=1S/C32H22N4O4/c37-29-26(20-14-33-22-10-4-1-8-17(20)22)27(21-15-34-23-11-5-2-9-18(21)23)30(38)32(29)28-19(13-25(36-32)31(39)40)16-7-3-6-12-24(16)35-28/h1-12,14-15,25,33-36H,13H2,(H,39,40). The molecule has 40 heavy (non-hydrogen) atoms. The maximum absolute atomic E-state index is 14.9. The normalized spacial score (nSPS) is 18.4. The minimum Gasteiger partial charge on any atom is -0.480 e.